The summed E-state index contributed by atoms with van der Waals surface area (Å²) in [6.45, 7) is 0. The molecule has 0 fully saturated rings. The number of sulfonamides is 1. The van der Waals surface area contributed by atoms with Gasteiger partial charge in [0, 0.05) is 19.7 Å². The zero-order valence-corrected chi connectivity index (χ0v) is 15.5. The second-order valence-corrected chi connectivity index (χ2v) is 7.83. The monoisotopic (exact) mass is 402 g/mol. The number of nitrogens with zero attached hydrogens (tertiary/aromatic N) is 1. The highest BCUT2D eigenvalue weighted by Crippen LogP contribution is 2.31. The lowest BCUT2D eigenvalue weighted by atomic mass is 10.1. The van der Waals surface area contributed by atoms with E-state index in [1.807, 2.05) is 0 Å². The molecule has 10 heteroatoms. The summed E-state index contributed by atoms with van der Waals surface area (Å²) >= 11 is 0. The molecule has 0 aliphatic rings. The Morgan fingerprint density at radius 2 is 1.67 bits per heavy atom. The molecule has 2 aromatic carbocycles. The van der Waals surface area contributed by atoms with Gasteiger partial charge in [0.05, 0.1) is 23.3 Å². The lowest BCUT2D eigenvalue weighted by Crippen LogP contribution is -2.22. The summed E-state index contributed by atoms with van der Waals surface area (Å²) in [7, 11) is 0.313. The van der Waals surface area contributed by atoms with Gasteiger partial charge in [0.25, 0.3) is 5.91 Å². The maximum Gasteiger partial charge on any atom is 0.416 e. The average molecular weight is 402 g/mol. The van der Waals surface area contributed by atoms with Gasteiger partial charge in [-0.1, -0.05) is 0 Å². The number of amides is 1. The Bertz CT molecular complexity index is 940. The molecule has 146 valence electrons. The molecular formula is C17H17F3N2O4S. The molecule has 0 saturated heterocycles. The van der Waals surface area contributed by atoms with Crippen LogP contribution in [0.1, 0.15) is 15.9 Å². The van der Waals surface area contributed by atoms with Crippen LogP contribution in [0.4, 0.5) is 18.9 Å². The summed E-state index contributed by atoms with van der Waals surface area (Å²) in [5.41, 5.74) is -0.827. The zero-order chi connectivity index (χ0) is 20.4. The summed E-state index contributed by atoms with van der Waals surface area (Å²) in [6.07, 6.45) is -4.51. The molecule has 0 aliphatic heterocycles. The van der Waals surface area contributed by atoms with Crippen LogP contribution in [0.2, 0.25) is 0 Å². The Labute approximate surface area is 154 Å². The minimum Gasteiger partial charge on any atom is -0.495 e. The zero-order valence-electron chi connectivity index (χ0n) is 14.7. The standard InChI is InChI=1S/C17H17F3N2O4S/c1-22(2)27(24,25)13-8-9-15(26-3)14(10-13)21-16(23)11-4-6-12(7-5-11)17(18,19)20/h4-10H,1-3H3,(H,21,23). The second kappa shape index (κ2) is 7.57. The van der Waals surface area contributed by atoms with Crippen LogP contribution in [-0.2, 0) is 16.2 Å². The lowest BCUT2D eigenvalue weighted by molar-refractivity contribution is -0.137. The largest absolute Gasteiger partial charge is 0.495 e. The quantitative estimate of drug-likeness (QED) is 0.833. The third-order valence-corrected chi connectivity index (χ3v) is 5.48. The summed E-state index contributed by atoms with van der Waals surface area (Å²) in [4.78, 5) is 12.3. The third kappa shape index (κ3) is 4.58. The Hall–Kier alpha value is -2.59. The van der Waals surface area contributed by atoms with Crippen LogP contribution < -0.4 is 10.1 Å². The summed E-state index contributed by atoms with van der Waals surface area (Å²) < 4.78 is 68.4. The Balaban J connectivity index is 2.34. The Kier molecular flexibility index (Phi) is 5.81. The molecule has 2 rings (SSSR count). The van der Waals surface area contributed by atoms with E-state index in [4.69, 9.17) is 4.74 Å². The molecule has 0 bridgehead atoms. The van der Waals surface area contributed by atoms with Gasteiger partial charge in [-0.3, -0.25) is 4.79 Å². The minimum atomic E-state index is -4.51. The van der Waals surface area contributed by atoms with Crippen LogP contribution in [0, 0.1) is 0 Å². The molecule has 0 spiro atoms. The first kappa shape index (κ1) is 20.7. The fraction of sp³-hybridized carbons (Fsp3) is 0.235. The molecule has 2 aromatic rings. The van der Waals surface area contributed by atoms with E-state index in [1.165, 1.54) is 39.4 Å². The number of methoxy groups -OCH3 is 1. The van der Waals surface area contributed by atoms with Crippen molar-refractivity contribution in [3.05, 3.63) is 53.6 Å². The number of halogens is 3. The average Bonchev–Trinajstić information content (AvgIpc) is 2.60. The van der Waals surface area contributed by atoms with E-state index in [2.05, 4.69) is 5.32 Å². The van der Waals surface area contributed by atoms with Crippen LogP contribution in [0.5, 0.6) is 5.75 Å². The van der Waals surface area contributed by atoms with Crippen LogP contribution in [0.15, 0.2) is 47.4 Å². The fourth-order valence-corrected chi connectivity index (χ4v) is 3.09. The van der Waals surface area contributed by atoms with Crippen LogP contribution in [0.3, 0.4) is 0 Å². The topological polar surface area (TPSA) is 75.7 Å². The molecule has 0 heterocycles. The van der Waals surface area contributed by atoms with Gasteiger partial charge in [-0.05, 0) is 42.5 Å². The van der Waals surface area contributed by atoms with Crippen LogP contribution >= 0.6 is 0 Å². The number of ether oxygens (including phenoxy) is 1. The summed E-state index contributed by atoms with van der Waals surface area (Å²) in [5.74, 6) is -0.505. The van der Waals surface area contributed by atoms with Crippen molar-refractivity contribution in [2.24, 2.45) is 0 Å². The van der Waals surface area contributed by atoms with E-state index >= 15 is 0 Å². The van der Waals surface area contributed by atoms with E-state index in [-0.39, 0.29) is 21.9 Å². The Morgan fingerprint density at radius 3 is 2.15 bits per heavy atom. The first-order chi connectivity index (χ1) is 12.5. The van der Waals surface area contributed by atoms with Crippen molar-refractivity contribution in [1.29, 1.82) is 0 Å². The van der Waals surface area contributed by atoms with Crippen molar-refractivity contribution in [2.45, 2.75) is 11.1 Å². The number of benzene rings is 2. The summed E-state index contributed by atoms with van der Waals surface area (Å²) in [5, 5.41) is 2.46. The molecule has 27 heavy (non-hydrogen) atoms. The van der Waals surface area contributed by atoms with Crippen molar-refractivity contribution >= 4 is 21.6 Å². The van der Waals surface area contributed by atoms with Crippen molar-refractivity contribution in [3.8, 4) is 5.75 Å². The molecular weight excluding hydrogens is 385 g/mol. The number of nitrogens with one attached hydrogen (secondary N) is 1. The van der Waals surface area contributed by atoms with E-state index in [1.54, 1.807) is 0 Å². The highest BCUT2D eigenvalue weighted by atomic mass is 32.2. The van der Waals surface area contributed by atoms with Gasteiger partial charge in [0.15, 0.2) is 0 Å². The van der Waals surface area contributed by atoms with Gasteiger partial charge < -0.3 is 10.1 Å². The first-order valence-electron chi connectivity index (χ1n) is 7.56. The van der Waals surface area contributed by atoms with E-state index in [0.29, 0.717) is 0 Å². The van der Waals surface area contributed by atoms with Crippen molar-refractivity contribution in [3.63, 3.8) is 0 Å². The van der Waals surface area contributed by atoms with E-state index in [9.17, 15) is 26.4 Å². The smallest absolute Gasteiger partial charge is 0.416 e. The maximum atomic E-state index is 12.6. The molecule has 0 radical (unpaired) electrons. The predicted molar refractivity (Wildman–Crippen MR) is 93.3 cm³/mol. The van der Waals surface area contributed by atoms with Gasteiger partial charge in [-0.2, -0.15) is 13.2 Å². The van der Waals surface area contributed by atoms with Crippen molar-refractivity contribution < 1.29 is 31.1 Å². The highest BCUT2D eigenvalue weighted by Gasteiger charge is 2.30. The predicted octanol–water partition coefficient (Wildman–Crippen LogP) is 3.22. The number of carbonyl (C=O) groups excluding carboxylic acids is 1. The highest BCUT2D eigenvalue weighted by molar-refractivity contribution is 7.89. The fourth-order valence-electron chi connectivity index (χ4n) is 2.16. The van der Waals surface area contributed by atoms with Crippen LogP contribution in [0.25, 0.3) is 0 Å². The van der Waals surface area contributed by atoms with E-state index < -0.39 is 27.7 Å². The van der Waals surface area contributed by atoms with Gasteiger partial charge >= 0.3 is 6.18 Å². The molecule has 0 aliphatic carbocycles. The number of anilines is 1. The first-order valence-corrected chi connectivity index (χ1v) is 9.00. The Morgan fingerprint density at radius 1 is 1.07 bits per heavy atom. The van der Waals surface area contributed by atoms with Crippen molar-refractivity contribution in [1.82, 2.24) is 4.31 Å². The van der Waals surface area contributed by atoms with Gasteiger partial charge in [0.1, 0.15) is 5.75 Å². The number of rotatable bonds is 5. The summed E-state index contributed by atoms with van der Waals surface area (Å²) in [6, 6.07) is 7.56. The SMILES string of the molecule is COc1ccc(S(=O)(=O)N(C)C)cc1NC(=O)c1ccc(C(F)(F)F)cc1. The molecule has 0 saturated carbocycles. The second-order valence-electron chi connectivity index (χ2n) is 5.68. The van der Waals surface area contributed by atoms with E-state index in [0.717, 1.165) is 28.6 Å². The van der Waals surface area contributed by atoms with Gasteiger partial charge in [-0.15, -0.1) is 0 Å². The lowest BCUT2D eigenvalue weighted by Gasteiger charge is -2.15. The maximum absolute atomic E-state index is 12.6. The normalized spacial score (nSPS) is 12.1. The number of hydrogen-bond acceptors (Lipinski definition) is 4. The van der Waals surface area contributed by atoms with Crippen LogP contribution in [-0.4, -0.2) is 39.8 Å². The molecule has 1 N–H and O–H groups in total. The number of hydrogen-bond donors (Lipinski definition) is 1. The molecule has 0 aromatic heterocycles. The van der Waals surface area contributed by atoms with Gasteiger partial charge in [0.2, 0.25) is 10.0 Å². The van der Waals surface area contributed by atoms with Crippen molar-refractivity contribution in [2.75, 3.05) is 26.5 Å². The molecule has 0 unspecified atom stereocenters. The minimum absolute atomic E-state index is 0.0223. The number of carbonyl (C=O) groups is 1. The molecule has 6 nitrogen and oxygen atoms in total. The molecule has 1 amide bonds. The third-order valence-electron chi connectivity index (χ3n) is 3.67. The molecule has 0 atom stereocenters. The number of alkyl halides is 3. The van der Waals surface area contributed by atoms with Gasteiger partial charge in [-0.25, -0.2) is 12.7 Å².